The summed E-state index contributed by atoms with van der Waals surface area (Å²) in [5.41, 5.74) is -0.0303. The van der Waals surface area contributed by atoms with Crippen molar-refractivity contribution in [3.8, 4) is 6.07 Å². The lowest BCUT2D eigenvalue weighted by Crippen LogP contribution is -2.13. The fraction of sp³-hybridized carbons (Fsp3) is 0.308. The quantitative estimate of drug-likeness (QED) is 0.940. The molecule has 0 aliphatic rings. The molecule has 110 valence electrons. The summed E-state index contributed by atoms with van der Waals surface area (Å²) in [5.74, 6) is -0.0550. The highest BCUT2D eigenvalue weighted by Gasteiger charge is 2.33. The average Bonchev–Trinajstić information content (AvgIpc) is 2.83. The fourth-order valence-corrected chi connectivity index (χ4v) is 2.42. The number of nitrogens with zero attached hydrogens (tertiary/aromatic N) is 3. The predicted molar refractivity (Wildman–Crippen MR) is 73.0 cm³/mol. The maximum atomic E-state index is 12.6. The maximum Gasteiger partial charge on any atom is 0.433 e. The van der Waals surface area contributed by atoms with E-state index in [9.17, 15) is 13.2 Å². The number of anilines is 1. The minimum Gasteiger partial charge on any atom is -0.369 e. The number of hydrogen-bond donors (Lipinski definition) is 1. The smallest absolute Gasteiger partial charge is 0.369 e. The summed E-state index contributed by atoms with van der Waals surface area (Å²) in [4.78, 5) is 7.73. The molecule has 1 N–H and O–H groups in total. The number of thiazole rings is 1. The van der Waals surface area contributed by atoms with Crippen LogP contribution in [0.1, 0.15) is 22.0 Å². The zero-order valence-electron chi connectivity index (χ0n) is 11.0. The minimum absolute atomic E-state index is 0.0550. The summed E-state index contributed by atoms with van der Waals surface area (Å²) in [6, 6.07) is 3.74. The Bertz CT molecular complexity index is 673. The van der Waals surface area contributed by atoms with Gasteiger partial charge in [-0.15, -0.1) is 11.3 Å². The number of halogens is 3. The molecule has 0 saturated heterocycles. The molecule has 0 amide bonds. The molecule has 2 aromatic heterocycles. The van der Waals surface area contributed by atoms with E-state index in [0.29, 0.717) is 13.0 Å². The number of aromatic nitrogens is 2. The number of nitriles is 1. The molecule has 2 rings (SSSR count). The second-order valence-electron chi connectivity index (χ2n) is 4.26. The van der Waals surface area contributed by atoms with Crippen molar-refractivity contribution in [2.45, 2.75) is 19.5 Å². The number of hydrogen-bond acceptors (Lipinski definition) is 5. The molecule has 0 unspecified atom stereocenters. The SMILES string of the molecule is Cc1csc(CCNc2nc(C(F)(F)F)ccc2C#N)n1. The van der Waals surface area contributed by atoms with E-state index >= 15 is 0 Å². The van der Waals surface area contributed by atoms with Gasteiger partial charge in [-0.05, 0) is 19.1 Å². The Morgan fingerprint density at radius 3 is 2.67 bits per heavy atom. The van der Waals surface area contributed by atoms with Crippen LogP contribution in [-0.2, 0) is 12.6 Å². The van der Waals surface area contributed by atoms with Crippen LogP contribution in [0.4, 0.5) is 19.0 Å². The number of nitrogens with one attached hydrogen (secondary N) is 1. The van der Waals surface area contributed by atoms with Gasteiger partial charge in [-0.3, -0.25) is 0 Å². The summed E-state index contributed by atoms with van der Waals surface area (Å²) >= 11 is 1.49. The molecule has 0 aliphatic heterocycles. The van der Waals surface area contributed by atoms with E-state index in [1.54, 1.807) is 0 Å². The topological polar surface area (TPSA) is 61.6 Å². The highest BCUT2D eigenvalue weighted by Crippen LogP contribution is 2.29. The highest BCUT2D eigenvalue weighted by molar-refractivity contribution is 7.09. The Kier molecular flexibility index (Phi) is 4.43. The molecule has 8 heteroatoms. The largest absolute Gasteiger partial charge is 0.433 e. The van der Waals surface area contributed by atoms with Gasteiger partial charge in [0.05, 0.1) is 10.6 Å². The third kappa shape index (κ3) is 3.92. The zero-order chi connectivity index (χ0) is 15.5. The van der Waals surface area contributed by atoms with E-state index in [0.717, 1.165) is 22.8 Å². The Morgan fingerprint density at radius 2 is 2.10 bits per heavy atom. The van der Waals surface area contributed by atoms with Crippen LogP contribution in [0.2, 0.25) is 0 Å². The van der Waals surface area contributed by atoms with E-state index < -0.39 is 11.9 Å². The first-order valence-electron chi connectivity index (χ1n) is 6.03. The summed E-state index contributed by atoms with van der Waals surface area (Å²) in [7, 11) is 0. The van der Waals surface area contributed by atoms with Gasteiger partial charge in [0.15, 0.2) is 0 Å². The summed E-state index contributed by atoms with van der Waals surface area (Å²) in [6.07, 6.45) is -3.97. The predicted octanol–water partition coefficient (Wildman–Crippen LogP) is 3.39. The molecule has 2 aromatic rings. The maximum absolute atomic E-state index is 12.6. The molecule has 0 spiro atoms. The first-order chi connectivity index (χ1) is 9.90. The average molecular weight is 312 g/mol. The second kappa shape index (κ2) is 6.10. The van der Waals surface area contributed by atoms with Crippen LogP contribution >= 0.6 is 11.3 Å². The minimum atomic E-state index is -4.53. The van der Waals surface area contributed by atoms with Crippen LogP contribution in [-0.4, -0.2) is 16.5 Å². The molecule has 2 heterocycles. The Hall–Kier alpha value is -2.14. The van der Waals surface area contributed by atoms with Crippen molar-refractivity contribution in [1.82, 2.24) is 9.97 Å². The van der Waals surface area contributed by atoms with Gasteiger partial charge in [0.2, 0.25) is 0 Å². The first kappa shape index (κ1) is 15.3. The lowest BCUT2D eigenvalue weighted by molar-refractivity contribution is -0.141. The van der Waals surface area contributed by atoms with Crippen molar-refractivity contribution >= 4 is 17.2 Å². The molecule has 4 nitrogen and oxygen atoms in total. The van der Waals surface area contributed by atoms with Gasteiger partial charge in [-0.1, -0.05) is 0 Å². The first-order valence-corrected chi connectivity index (χ1v) is 6.91. The van der Waals surface area contributed by atoms with Crippen molar-refractivity contribution in [3.05, 3.63) is 39.5 Å². The van der Waals surface area contributed by atoms with Gasteiger partial charge in [0, 0.05) is 24.0 Å². The molecule has 0 aromatic carbocycles. The van der Waals surface area contributed by atoms with Crippen LogP contribution < -0.4 is 5.32 Å². The lowest BCUT2D eigenvalue weighted by atomic mass is 10.2. The van der Waals surface area contributed by atoms with Crippen molar-refractivity contribution in [3.63, 3.8) is 0 Å². The number of alkyl halides is 3. The lowest BCUT2D eigenvalue weighted by Gasteiger charge is -2.10. The van der Waals surface area contributed by atoms with Crippen molar-refractivity contribution in [2.75, 3.05) is 11.9 Å². The summed E-state index contributed by atoms with van der Waals surface area (Å²) in [5, 5.41) is 14.5. The van der Waals surface area contributed by atoms with E-state index in [-0.39, 0.29) is 11.4 Å². The molecule has 21 heavy (non-hydrogen) atoms. The van der Waals surface area contributed by atoms with E-state index in [2.05, 4.69) is 15.3 Å². The molecular weight excluding hydrogens is 301 g/mol. The second-order valence-corrected chi connectivity index (χ2v) is 5.20. The third-order valence-corrected chi connectivity index (χ3v) is 3.63. The van der Waals surface area contributed by atoms with E-state index in [1.807, 2.05) is 18.4 Å². The van der Waals surface area contributed by atoms with Crippen LogP contribution in [0.5, 0.6) is 0 Å². The van der Waals surface area contributed by atoms with Crippen molar-refractivity contribution < 1.29 is 13.2 Å². The Balaban J connectivity index is 2.09. The van der Waals surface area contributed by atoms with E-state index in [4.69, 9.17) is 5.26 Å². The van der Waals surface area contributed by atoms with Crippen molar-refractivity contribution in [1.29, 1.82) is 5.26 Å². The fourth-order valence-electron chi connectivity index (χ4n) is 1.65. The van der Waals surface area contributed by atoms with Gasteiger partial charge in [-0.25, -0.2) is 9.97 Å². The molecule has 0 atom stereocenters. The molecule has 0 bridgehead atoms. The van der Waals surface area contributed by atoms with Crippen LogP contribution in [0.15, 0.2) is 17.5 Å². The van der Waals surface area contributed by atoms with Gasteiger partial charge >= 0.3 is 6.18 Å². The van der Waals surface area contributed by atoms with E-state index in [1.165, 1.54) is 11.3 Å². The Morgan fingerprint density at radius 1 is 1.33 bits per heavy atom. The normalized spacial score (nSPS) is 11.2. The van der Waals surface area contributed by atoms with Gasteiger partial charge < -0.3 is 5.32 Å². The Labute approximate surface area is 123 Å². The zero-order valence-corrected chi connectivity index (χ0v) is 11.8. The van der Waals surface area contributed by atoms with Crippen LogP contribution in [0.25, 0.3) is 0 Å². The van der Waals surface area contributed by atoms with Gasteiger partial charge in [0.25, 0.3) is 0 Å². The molecule has 0 fully saturated rings. The monoisotopic (exact) mass is 312 g/mol. The molecular formula is C13H11F3N4S. The highest BCUT2D eigenvalue weighted by atomic mass is 32.1. The number of rotatable bonds is 4. The molecule has 0 aliphatic carbocycles. The standard InChI is InChI=1S/C13H11F3N4S/c1-8-7-21-11(19-8)4-5-18-12-9(6-17)2-3-10(20-12)13(14,15)16/h2-3,7H,4-5H2,1H3,(H,18,20). The van der Waals surface area contributed by atoms with Crippen molar-refractivity contribution in [2.24, 2.45) is 0 Å². The number of pyridine rings is 1. The van der Waals surface area contributed by atoms with Gasteiger partial charge in [0.1, 0.15) is 17.6 Å². The molecule has 0 saturated carbocycles. The number of aryl methyl sites for hydroxylation is 1. The summed E-state index contributed by atoms with van der Waals surface area (Å²) < 4.78 is 37.8. The van der Waals surface area contributed by atoms with Crippen LogP contribution in [0, 0.1) is 18.3 Å². The van der Waals surface area contributed by atoms with Crippen LogP contribution in [0.3, 0.4) is 0 Å². The molecule has 0 radical (unpaired) electrons. The third-order valence-electron chi connectivity index (χ3n) is 2.60. The van der Waals surface area contributed by atoms with Gasteiger partial charge in [-0.2, -0.15) is 18.4 Å². The summed E-state index contributed by atoms with van der Waals surface area (Å²) in [6.45, 7) is 2.23.